The minimum Gasteiger partial charge on any atom is -0.371 e. The van der Waals surface area contributed by atoms with Crippen molar-refractivity contribution in [1.82, 2.24) is 4.72 Å². The lowest BCUT2D eigenvalue weighted by atomic mass is 10.2. The van der Waals surface area contributed by atoms with Crippen LogP contribution in [0.3, 0.4) is 0 Å². The van der Waals surface area contributed by atoms with E-state index < -0.39 is 10.0 Å². The van der Waals surface area contributed by atoms with Crippen molar-refractivity contribution in [2.24, 2.45) is 5.73 Å². The summed E-state index contributed by atoms with van der Waals surface area (Å²) >= 11 is 0. The molecule has 0 aliphatic carbocycles. The molecule has 1 aromatic carbocycles. The topological polar surface area (TPSA) is 75.4 Å². The number of hydrogen-bond acceptors (Lipinski definition) is 4. The Morgan fingerprint density at radius 2 is 1.76 bits per heavy atom. The number of sulfonamides is 1. The molecule has 0 amide bonds. The molecule has 6 heteroatoms. The number of anilines is 1. The summed E-state index contributed by atoms with van der Waals surface area (Å²) in [6.45, 7) is 7.02. The number of nitrogens with zero attached hydrogens (tertiary/aromatic N) is 1. The van der Waals surface area contributed by atoms with Crippen molar-refractivity contribution in [3.05, 3.63) is 24.3 Å². The highest BCUT2D eigenvalue weighted by Gasteiger charge is 2.13. The van der Waals surface area contributed by atoms with Crippen LogP contribution in [-0.4, -0.2) is 34.6 Å². The Labute approximate surface area is 128 Å². The third kappa shape index (κ3) is 5.65. The maximum atomic E-state index is 12.0. The van der Waals surface area contributed by atoms with E-state index in [-0.39, 0.29) is 0 Å². The van der Waals surface area contributed by atoms with E-state index >= 15 is 0 Å². The highest BCUT2D eigenvalue weighted by molar-refractivity contribution is 7.89. The van der Waals surface area contributed by atoms with Gasteiger partial charge in [0.2, 0.25) is 10.0 Å². The SMILES string of the molecule is CCCNS(=O)(=O)c1ccc(N(CCC)CCCN)cc1. The largest absolute Gasteiger partial charge is 0.371 e. The van der Waals surface area contributed by atoms with Gasteiger partial charge in [-0.3, -0.25) is 0 Å². The lowest BCUT2D eigenvalue weighted by Crippen LogP contribution is -2.27. The van der Waals surface area contributed by atoms with Gasteiger partial charge in [0.1, 0.15) is 0 Å². The highest BCUT2D eigenvalue weighted by Crippen LogP contribution is 2.18. The molecule has 0 heterocycles. The molecule has 0 atom stereocenters. The van der Waals surface area contributed by atoms with Crippen molar-refractivity contribution < 1.29 is 8.42 Å². The van der Waals surface area contributed by atoms with Crippen molar-refractivity contribution in [2.75, 3.05) is 31.1 Å². The van der Waals surface area contributed by atoms with Crippen molar-refractivity contribution >= 4 is 15.7 Å². The second-order valence-electron chi connectivity index (χ2n) is 5.02. The smallest absolute Gasteiger partial charge is 0.240 e. The molecule has 0 bridgehead atoms. The third-order valence-electron chi connectivity index (χ3n) is 3.18. The molecule has 0 aliphatic rings. The van der Waals surface area contributed by atoms with E-state index in [0.717, 1.165) is 38.0 Å². The van der Waals surface area contributed by atoms with Gasteiger partial charge < -0.3 is 10.6 Å². The van der Waals surface area contributed by atoms with Gasteiger partial charge in [-0.25, -0.2) is 13.1 Å². The molecule has 120 valence electrons. The first-order chi connectivity index (χ1) is 10.0. The van der Waals surface area contributed by atoms with Crippen molar-refractivity contribution in [1.29, 1.82) is 0 Å². The van der Waals surface area contributed by atoms with E-state index in [0.29, 0.717) is 18.0 Å². The van der Waals surface area contributed by atoms with Crippen LogP contribution in [0.2, 0.25) is 0 Å². The summed E-state index contributed by atoms with van der Waals surface area (Å²) in [5.41, 5.74) is 6.61. The Morgan fingerprint density at radius 3 is 2.29 bits per heavy atom. The molecule has 0 spiro atoms. The zero-order chi connectivity index (χ0) is 15.7. The normalized spacial score (nSPS) is 11.6. The zero-order valence-electron chi connectivity index (χ0n) is 13.0. The first-order valence-electron chi connectivity index (χ1n) is 7.60. The second kappa shape index (κ2) is 9.02. The van der Waals surface area contributed by atoms with Crippen molar-refractivity contribution in [3.63, 3.8) is 0 Å². The number of nitrogens with one attached hydrogen (secondary N) is 1. The molecule has 0 unspecified atom stereocenters. The average Bonchev–Trinajstić information content (AvgIpc) is 2.49. The van der Waals surface area contributed by atoms with Crippen LogP contribution in [0, 0.1) is 0 Å². The summed E-state index contributed by atoms with van der Waals surface area (Å²) in [6, 6.07) is 7.07. The van der Waals surface area contributed by atoms with Gasteiger partial charge in [0.15, 0.2) is 0 Å². The molecule has 3 N–H and O–H groups in total. The predicted molar refractivity (Wildman–Crippen MR) is 88.1 cm³/mol. The summed E-state index contributed by atoms with van der Waals surface area (Å²) in [4.78, 5) is 2.55. The van der Waals surface area contributed by atoms with Gasteiger partial charge in [-0.2, -0.15) is 0 Å². The number of nitrogens with two attached hydrogens (primary N) is 1. The monoisotopic (exact) mass is 313 g/mol. The van der Waals surface area contributed by atoms with Gasteiger partial charge in [-0.15, -0.1) is 0 Å². The van der Waals surface area contributed by atoms with E-state index in [1.54, 1.807) is 12.1 Å². The molecule has 0 saturated heterocycles. The average molecular weight is 313 g/mol. The Bertz CT molecular complexity index is 500. The van der Waals surface area contributed by atoms with E-state index in [9.17, 15) is 8.42 Å². The third-order valence-corrected chi connectivity index (χ3v) is 4.66. The van der Waals surface area contributed by atoms with Crippen LogP contribution in [0.25, 0.3) is 0 Å². The molecular formula is C15H27N3O2S. The van der Waals surface area contributed by atoms with Gasteiger partial charge >= 0.3 is 0 Å². The van der Waals surface area contributed by atoms with E-state index in [2.05, 4.69) is 16.5 Å². The first kappa shape index (κ1) is 17.9. The van der Waals surface area contributed by atoms with E-state index in [4.69, 9.17) is 5.73 Å². The summed E-state index contributed by atoms with van der Waals surface area (Å²) in [7, 11) is -3.38. The highest BCUT2D eigenvalue weighted by atomic mass is 32.2. The number of rotatable bonds is 10. The number of benzene rings is 1. The Balaban J connectivity index is 2.84. The fraction of sp³-hybridized carbons (Fsp3) is 0.600. The zero-order valence-corrected chi connectivity index (χ0v) is 13.8. The molecule has 0 aliphatic heterocycles. The van der Waals surface area contributed by atoms with Gasteiger partial charge in [-0.05, 0) is 50.1 Å². The molecule has 0 saturated carbocycles. The molecule has 5 nitrogen and oxygen atoms in total. The quantitative estimate of drug-likeness (QED) is 0.692. The fourth-order valence-corrected chi connectivity index (χ4v) is 3.21. The van der Waals surface area contributed by atoms with Crippen LogP contribution in [0.15, 0.2) is 29.2 Å². The van der Waals surface area contributed by atoms with Crippen LogP contribution < -0.4 is 15.4 Å². The molecule has 0 aromatic heterocycles. The fourth-order valence-electron chi connectivity index (χ4n) is 2.08. The lowest BCUT2D eigenvalue weighted by molar-refractivity contribution is 0.581. The Morgan fingerprint density at radius 1 is 1.10 bits per heavy atom. The van der Waals surface area contributed by atoms with Gasteiger partial charge in [0, 0.05) is 25.3 Å². The molecule has 1 rings (SSSR count). The minimum atomic E-state index is -3.38. The van der Waals surface area contributed by atoms with Crippen LogP contribution in [-0.2, 0) is 10.0 Å². The van der Waals surface area contributed by atoms with Crippen LogP contribution in [0.5, 0.6) is 0 Å². The predicted octanol–water partition coefficient (Wildman–Crippen LogP) is 1.94. The van der Waals surface area contributed by atoms with Gasteiger partial charge in [0.05, 0.1) is 4.90 Å². The van der Waals surface area contributed by atoms with Crippen LogP contribution in [0.4, 0.5) is 5.69 Å². The summed E-state index contributed by atoms with van der Waals surface area (Å²) in [6.07, 6.45) is 2.75. The molecular weight excluding hydrogens is 286 g/mol. The lowest BCUT2D eigenvalue weighted by Gasteiger charge is -2.24. The second-order valence-corrected chi connectivity index (χ2v) is 6.79. The van der Waals surface area contributed by atoms with Crippen molar-refractivity contribution in [2.45, 2.75) is 38.0 Å². The maximum absolute atomic E-state index is 12.0. The van der Waals surface area contributed by atoms with Crippen LogP contribution in [0.1, 0.15) is 33.1 Å². The Kier molecular flexibility index (Phi) is 7.71. The van der Waals surface area contributed by atoms with Gasteiger partial charge in [0.25, 0.3) is 0 Å². The number of hydrogen-bond donors (Lipinski definition) is 2. The summed E-state index contributed by atoms with van der Waals surface area (Å²) < 4.78 is 26.6. The molecule has 1 aromatic rings. The van der Waals surface area contributed by atoms with Crippen molar-refractivity contribution in [3.8, 4) is 0 Å². The van der Waals surface area contributed by atoms with Gasteiger partial charge in [-0.1, -0.05) is 13.8 Å². The maximum Gasteiger partial charge on any atom is 0.240 e. The summed E-state index contributed by atoms with van der Waals surface area (Å²) in [5.74, 6) is 0. The van der Waals surface area contributed by atoms with Crippen LogP contribution >= 0.6 is 0 Å². The molecule has 0 radical (unpaired) electrons. The minimum absolute atomic E-state index is 0.315. The van der Waals surface area contributed by atoms with E-state index in [1.807, 2.05) is 19.1 Å². The molecule has 21 heavy (non-hydrogen) atoms. The Hall–Kier alpha value is -1.11. The summed E-state index contributed by atoms with van der Waals surface area (Å²) in [5, 5.41) is 0. The standard InChI is InChI=1S/C15H27N3O2S/c1-3-11-17-21(19,20)15-8-6-14(7-9-15)18(12-4-2)13-5-10-16/h6-9,17H,3-5,10-13,16H2,1-2H3. The first-order valence-corrected chi connectivity index (χ1v) is 9.08. The molecule has 0 fully saturated rings. The van der Waals surface area contributed by atoms with E-state index in [1.165, 1.54) is 0 Å².